The smallest absolute Gasteiger partial charge is 0.410 e. The number of piperidine rings is 1. The Morgan fingerprint density at radius 1 is 1.29 bits per heavy atom. The standard InChI is InChI=1S/C20H37N5O3/c1-5-22-18(24-11-6-7-15(14-24)13-17(21)26)23-10-12-25(16-8-9-16)19(27)28-20(2,3)4/h15-16H,5-14H2,1-4H3,(H2,21,26)(H,22,23). The highest BCUT2D eigenvalue weighted by Gasteiger charge is 2.35. The number of carbonyl (C=O) groups is 2. The number of ether oxygens (including phenoxy) is 1. The molecule has 0 aromatic carbocycles. The number of hydrogen-bond acceptors (Lipinski definition) is 4. The zero-order valence-corrected chi connectivity index (χ0v) is 17.9. The number of nitrogens with two attached hydrogens (primary N) is 1. The zero-order valence-electron chi connectivity index (χ0n) is 17.9. The Labute approximate surface area is 168 Å². The van der Waals surface area contributed by atoms with Crippen molar-refractivity contribution in [1.29, 1.82) is 0 Å². The molecule has 1 saturated carbocycles. The molecule has 2 rings (SSSR count). The van der Waals surface area contributed by atoms with E-state index in [0.717, 1.165) is 51.3 Å². The maximum Gasteiger partial charge on any atom is 0.410 e. The summed E-state index contributed by atoms with van der Waals surface area (Å²) in [6, 6.07) is 0.280. The van der Waals surface area contributed by atoms with Crippen LogP contribution in [0.25, 0.3) is 0 Å². The third kappa shape index (κ3) is 7.56. The van der Waals surface area contributed by atoms with Crippen LogP contribution in [-0.2, 0) is 9.53 Å². The summed E-state index contributed by atoms with van der Waals surface area (Å²) in [5.74, 6) is 0.877. The van der Waals surface area contributed by atoms with Crippen LogP contribution in [-0.4, -0.2) is 72.1 Å². The number of primary amides is 1. The molecule has 0 aromatic heterocycles. The fourth-order valence-corrected chi connectivity index (χ4v) is 3.53. The molecule has 0 radical (unpaired) electrons. The van der Waals surface area contributed by atoms with Gasteiger partial charge in [-0.1, -0.05) is 0 Å². The summed E-state index contributed by atoms with van der Waals surface area (Å²) < 4.78 is 5.54. The van der Waals surface area contributed by atoms with Crippen molar-refractivity contribution in [3.8, 4) is 0 Å². The lowest BCUT2D eigenvalue weighted by Crippen LogP contribution is -2.47. The molecule has 1 aliphatic carbocycles. The lowest BCUT2D eigenvalue weighted by molar-refractivity contribution is -0.119. The van der Waals surface area contributed by atoms with Gasteiger partial charge in [0.25, 0.3) is 0 Å². The van der Waals surface area contributed by atoms with Crippen LogP contribution in [0.2, 0.25) is 0 Å². The number of nitrogens with one attached hydrogen (secondary N) is 1. The van der Waals surface area contributed by atoms with Crippen molar-refractivity contribution < 1.29 is 14.3 Å². The molecule has 1 atom stereocenters. The molecular formula is C20H37N5O3. The number of hydrogen-bond donors (Lipinski definition) is 2. The minimum Gasteiger partial charge on any atom is -0.444 e. The maximum atomic E-state index is 12.5. The molecule has 0 bridgehead atoms. The Kier molecular flexibility index (Phi) is 7.95. The van der Waals surface area contributed by atoms with Crippen molar-refractivity contribution in [1.82, 2.24) is 15.1 Å². The molecule has 1 saturated heterocycles. The summed E-state index contributed by atoms with van der Waals surface area (Å²) in [4.78, 5) is 32.5. The number of nitrogens with zero attached hydrogens (tertiary/aromatic N) is 3. The summed E-state index contributed by atoms with van der Waals surface area (Å²) in [6.07, 6.45) is 4.27. The molecule has 160 valence electrons. The highest BCUT2D eigenvalue weighted by Crippen LogP contribution is 2.28. The van der Waals surface area contributed by atoms with Crippen LogP contribution in [0.15, 0.2) is 4.99 Å². The summed E-state index contributed by atoms with van der Waals surface area (Å²) in [5, 5.41) is 3.34. The second-order valence-electron chi connectivity index (χ2n) is 8.77. The van der Waals surface area contributed by atoms with Gasteiger partial charge in [-0.05, 0) is 59.3 Å². The molecule has 8 nitrogen and oxygen atoms in total. The predicted octanol–water partition coefficient (Wildman–Crippen LogP) is 1.94. The molecule has 2 aliphatic rings. The first-order chi connectivity index (χ1) is 13.2. The predicted molar refractivity (Wildman–Crippen MR) is 110 cm³/mol. The second-order valence-corrected chi connectivity index (χ2v) is 8.77. The van der Waals surface area contributed by atoms with E-state index in [0.29, 0.717) is 19.5 Å². The topological polar surface area (TPSA) is 100 Å². The van der Waals surface area contributed by atoms with Gasteiger partial charge in [0.1, 0.15) is 5.60 Å². The van der Waals surface area contributed by atoms with E-state index in [1.54, 1.807) is 0 Å². The minimum atomic E-state index is -0.494. The fraction of sp³-hybridized carbons (Fsp3) is 0.850. The summed E-state index contributed by atoms with van der Waals surface area (Å²) in [5.41, 5.74) is 4.88. The third-order valence-corrected chi connectivity index (χ3v) is 4.86. The average molecular weight is 396 g/mol. The normalized spacial score (nSPS) is 20.6. The Bertz CT molecular complexity index is 569. The van der Waals surface area contributed by atoms with Crippen molar-refractivity contribution in [2.75, 3.05) is 32.7 Å². The van der Waals surface area contributed by atoms with E-state index in [-0.39, 0.29) is 24.0 Å². The van der Waals surface area contributed by atoms with Gasteiger partial charge >= 0.3 is 6.09 Å². The van der Waals surface area contributed by atoms with E-state index in [2.05, 4.69) is 10.2 Å². The van der Waals surface area contributed by atoms with Crippen LogP contribution in [0.3, 0.4) is 0 Å². The van der Waals surface area contributed by atoms with Crippen LogP contribution in [0, 0.1) is 5.92 Å². The highest BCUT2D eigenvalue weighted by atomic mass is 16.6. The van der Waals surface area contributed by atoms with Gasteiger partial charge in [0.15, 0.2) is 5.96 Å². The molecule has 1 heterocycles. The van der Waals surface area contributed by atoms with E-state index in [1.807, 2.05) is 32.6 Å². The summed E-state index contributed by atoms with van der Waals surface area (Å²) >= 11 is 0. The number of aliphatic imine (C=N–C) groups is 1. The van der Waals surface area contributed by atoms with Gasteiger partial charge < -0.3 is 25.6 Å². The number of rotatable bonds is 7. The van der Waals surface area contributed by atoms with Gasteiger partial charge in [-0.15, -0.1) is 0 Å². The molecule has 0 aromatic rings. The van der Waals surface area contributed by atoms with Gasteiger partial charge in [-0.3, -0.25) is 9.79 Å². The molecule has 8 heteroatoms. The Morgan fingerprint density at radius 2 is 2.00 bits per heavy atom. The first-order valence-corrected chi connectivity index (χ1v) is 10.5. The molecule has 0 spiro atoms. The van der Waals surface area contributed by atoms with E-state index in [4.69, 9.17) is 15.5 Å². The van der Waals surface area contributed by atoms with Crippen LogP contribution in [0.4, 0.5) is 4.79 Å². The second kappa shape index (κ2) is 9.98. The van der Waals surface area contributed by atoms with E-state index >= 15 is 0 Å². The van der Waals surface area contributed by atoms with E-state index in [9.17, 15) is 9.59 Å². The first kappa shape index (κ1) is 22.3. The van der Waals surface area contributed by atoms with Crippen LogP contribution in [0.1, 0.15) is 59.8 Å². The number of guanidine groups is 1. The first-order valence-electron chi connectivity index (χ1n) is 10.5. The van der Waals surface area contributed by atoms with Gasteiger partial charge in [0.2, 0.25) is 5.91 Å². The SMILES string of the molecule is CCNC(=NCCN(C(=O)OC(C)(C)C)C1CC1)N1CCCC(CC(N)=O)C1. The van der Waals surface area contributed by atoms with Crippen molar-refractivity contribution in [2.45, 2.75) is 71.4 Å². The summed E-state index contributed by atoms with van der Waals surface area (Å²) in [7, 11) is 0. The minimum absolute atomic E-state index is 0.244. The van der Waals surface area contributed by atoms with Crippen LogP contribution < -0.4 is 11.1 Å². The molecular weight excluding hydrogens is 358 g/mol. The lowest BCUT2D eigenvalue weighted by Gasteiger charge is -2.34. The third-order valence-electron chi connectivity index (χ3n) is 4.86. The van der Waals surface area contributed by atoms with Gasteiger partial charge in [-0.25, -0.2) is 4.79 Å². The number of likely N-dealkylation sites (tertiary alicyclic amines) is 1. The van der Waals surface area contributed by atoms with Crippen molar-refractivity contribution in [3.05, 3.63) is 0 Å². The van der Waals surface area contributed by atoms with Gasteiger partial charge in [0.05, 0.1) is 6.54 Å². The van der Waals surface area contributed by atoms with Gasteiger partial charge in [-0.2, -0.15) is 0 Å². The number of carbonyl (C=O) groups excluding carboxylic acids is 2. The van der Waals surface area contributed by atoms with Crippen LogP contribution >= 0.6 is 0 Å². The Balaban J connectivity index is 1.95. The molecule has 1 unspecified atom stereocenters. The van der Waals surface area contributed by atoms with Crippen molar-refractivity contribution >= 4 is 18.0 Å². The Hall–Kier alpha value is -1.99. The molecule has 1 aliphatic heterocycles. The monoisotopic (exact) mass is 395 g/mol. The van der Waals surface area contributed by atoms with Gasteiger partial charge in [0, 0.05) is 38.6 Å². The van der Waals surface area contributed by atoms with Crippen molar-refractivity contribution in [2.24, 2.45) is 16.6 Å². The van der Waals surface area contributed by atoms with Crippen LogP contribution in [0.5, 0.6) is 0 Å². The fourth-order valence-electron chi connectivity index (χ4n) is 3.53. The molecule has 2 amide bonds. The molecule has 2 fully saturated rings. The quantitative estimate of drug-likeness (QED) is 0.507. The summed E-state index contributed by atoms with van der Waals surface area (Å²) in [6.45, 7) is 11.2. The highest BCUT2D eigenvalue weighted by molar-refractivity contribution is 5.80. The average Bonchev–Trinajstić information content (AvgIpc) is 3.40. The van der Waals surface area contributed by atoms with E-state index < -0.39 is 5.60 Å². The van der Waals surface area contributed by atoms with Crippen molar-refractivity contribution in [3.63, 3.8) is 0 Å². The largest absolute Gasteiger partial charge is 0.444 e. The Morgan fingerprint density at radius 3 is 2.57 bits per heavy atom. The molecule has 28 heavy (non-hydrogen) atoms. The number of amides is 2. The zero-order chi connectivity index (χ0) is 20.7. The lowest BCUT2D eigenvalue weighted by atomic mass is 9.95. The van der Waals surface area contributed by atoms with E-state index in [1.165, 1.54) is 0 Å². The molecule has 3 N–H and O–H groups in total. The maximum absolute atomic E-state index is 12.5.